The van der Waals surface area contributed by atoms with Crippen LogP contribution in [0.15, 0.2) is 34.5 Å². The van der Waals surface area contributed by atoms with Crippen LogP contribution in [0.3, 0.4) is 0 Å². The lowest BCUT2D eigenvalue weighted by molar-refractivity contribution is -0.143. The van der Waals surface area contributed by atoms with Gasteiger partial charge in [-0.1, -0.05) is 11.3 Å². The number of thiazole rings is 1. The number of nitrogens with one attached hydrogen (secondary N) is 1. The summed E-state index contributed by atoms with van der Waals surface area (Å²) in [4.78, 5) is 20.5. The van der Waals surface area contributed by atoms with Crippen LogP contribution in [-0.2, 0) is 12.4 Å². The molecule has 14 heteroatoms. The molecule has 0 saturated heterocycles. The van der Waals surface area contributed by atoms with Gasteiger partial charge in [0.25, 0.3) is 5.91 Å². The van der Waals surface area contributed by atoms with Crippen LogP contribution in [-0.4, -0.2) is 25.7 Å². The lowest BCUT2D eigenvalue weighted by Crippen LogP contribution is -2.29. The third-order valence-electron chi connectivity index (χ3n) is 3.81. The summed E-state index contributed by atoms with van der Waals surface area (Å²) in [5.74, 6) is -0.942. The number of nitrogens with zero attached hydrogens (tertiary/aromatic N) is 4. The fraction of sp³-hybridized carbons (Fsp3) is 0.250. The van der Waals surface area contributed by atoms with E-state index in [1.165, 1.54) is 35.5 Å². The van der Waals surface area contributed by atoms with Crippen molar-refractivity contribution in [3.05, 3.63) is 57.0 Å². The second-order valence-corrected chi connectivity index (χ2v) is 8.36. The van der Waals surface area contributed by atoms with E-state index in [1.54, 1.807) is 0 Å². The van der Waals surface area contributed by atoms with E-state index in [9.17, 15) is 31.1 Å². The second-order valence-electron chi connectivity index (χ2n) is 5.97. The molecular weight excluding hydrogens is 504 g/mol. The van der Waals surface area contributed by atoms with Crippen molar-refractivity contribution in [2.45, 2.75) is 25.3 Å². The van der Waals surface area contributed by atoms with Crippen molar-refractivity contribution in [1.29, 1.82) is 0 Å². The molecule has 0 aliphatic rings. The quantitative estimate of drug-likeness (QED) is 0.497. The van der Waals surface area contributed by atoms with Gasteiger partial charge in [0.1, 0.15) is 6.33 Å². The summed E-state index contributed by atoms with van der Waals surface area (Å²) in [7, 11) is 0. The van der Waals surface area contributed by atoms with E-state index in [1.807, 2.05) is 0 Å². The van der Waals surface area contributed by atoms with Gasteiger partial charge in [-0.15, -0.1) is 0 Å². The highest BCUT2D eigenvalue weighted by molar-refractivity contribution is 9.11. The number of aromatic nitrogens is 4. The number of halogens is 7. The minimum Gasteiger partial charge on any atom is -0.342 e. The number of alkyl halides is 6. The number of carbonyl (C=O) groups is 1. The molecule has 0 aliphatic heterocycles. The van der Waals surface area contributed by atoms with E-state index in [4.69, 9.17) is 0 Å². The summed E-state index contributed by atoms with van der Waals surface area (Å²) in [6.07, 6.45) is -7.42. The summed E-state index contributed by atoms with van der Waals surface area (Å²) in [5.41, 5.74) is -3.94. The second kappa shape index (κ2) is 7.98. The zero-order chi connectivity index (χ0) is 22.3. The maximum atomic E-state index is 13.0. The molecule has 0 radical (unpaired) electrons. The maximum Gasteiger partial charge on any atom is 0.416 e. The molecule has 0 saturated carbocycles. The van der Waals surface area contributed by atoms with E-state index in [-0.39, 0.29) is 11.9 Å². The Kier molecular flexibility index (Phi) is 5.91. The van der Waals surface area contributed by atoms with E-state index in [0.717, 1.165) is 0 Å². The van der Waals surface area contributed by atoms with E-state index in [2.05, 4.69) is 36.3 Å². The molecule has 0 aliphatic carbocycles. The smallest absolute Gasteiger partial charge is 0.342 e. The van der Waals surface area contributed by atoms with Crippen molar-refractivity contribution >= 4 is 33.2 Å². The molecule has 0 bridgehead atoms. The molecular formula is C16H10BrF6N5OS. The van der Waals surface area contributed by atoms with Crippen LogP contribution in [0.1, 0.15) is 40.3 Å². The summed E-state index contributed by atoms with van der Waals surface area (Å²) in [6, 6.07) is -0.219. The van der Waals surface area contributed by atoms with Crippen LogP contribution < -0.4 is 5.32 Å². The number of benzene rings is 1. The summed E-state index contributed by atoms with van der Waals surface area (Å²) in [5, 5.41) is 6.72. The molecule has 2 heterocycles. The summed E-state index contributed by atoms with van der Waals surface area (Å²) >= 11 is 4.44. The van der Waals surface area contributed by atoms with Crippen LogP contribution in [0.4, 0.5) is 26.3 Å². The Morgan fingerprint density at radius 2 is 1.70 bits per heavy atom. The highest BCUT2D eigenvalue weighted by atomic mass is 79.9. The fourth-order valence-corrected chi connectivity index (χ4v) is 3.62. The Balaban J connectivity index is 1.90. The van der Waals surface area contributed by atoms with Gasteiger partial charge in [-0.3, -0.25) is 4.79 Å². The third kappa shape index (κ3) is 4.80. The molecule has 1 aromatic carbocycles. The molecule has 2 aromatic heterocycles. The SMILES string of the molecule is C[C@H](NC(=O)c1cc(C(F)(F)F)cc(C(F)(F)F)c1)c1ncnn1-c1ncc(Br)s1. The normalized spacial score (nSPS) is 13.3. The first-order chi connectivity index (χ1) is 13.9. The van der Waals surface area contributed by atoms with Gasteiger partial charge in [-0.25, -0.2) is 9.97 Å². The van der Waals surface area contributed by atoms with Crippen molar-refractivity contribution in [2.24, 2.45) is 0 Å². The van der Waals surface area contributed by atoms with Crippen molar-refractivity contribution in [1.82, 2.24) is 25.1 Å². The first-order valence-electron chi connectivity index (χ1n) is 7.98. The van der Waals surface area contributed by atoms with Crippen LogP contribution in [0, 0.1) is 0 Å². The van der Waals surface area contributed by atoms with Crippen LogP contribution >= 0.6 is 27.3 Å². The number of carbonyl (C=O) groups excluding carboxylic acids is 1. The number of hydrogen-bond acceptors (Lipinski definition) is 5. The first-order valence-corrected chi connectivity index (χ1v) is 9.59. The minimum atomic E-state index is -5.06. The Morgan fingerprint density at radius 3 is 2.20 bits per heavy atom. The van der Waals surface area contributed by atoms with Crippen LogP contribution in [0.2, 0.25) is 0 Å². The Bertz CT molecular complexity index is 1040. The molecule has 0 unspecified atom stereocenters. The highest BCUT2D eigenvalue weighted by Crippen LogP contribution is 2.36. The van der Waals surface area contributed by atoms with Crippen LogP contribution in [0.5, 0.6) is 0 Å². The topological polar surface area (TPSA) is 72.7 Å². The van der Waals surface area contributed by atoms with Gasteiger partial charge in [-0.05, 0) is 41.1 Å². The molecule has 30 heavy (non-hydrogen) atoms. The first kappa shape index (κ1) is 22.2. The average molecular weight is 514 g/mol. The van der Waals surface area contributed by atoms with E-state index >= 15 is 0 Å². The molecule has 3 aromatic rings. The van der Waals surface area contributed by atoms with Gasteiger partial charge in [0.15, 0.2) is 5.82 Å². The molecule has 3 rings (SSSR count). The fourth-order valence-electron chi connectivity index (χ4n) is 2.47. The Labute approximate surface area is 177 Å². The zero-order valence-corrected chi connectivity index (χ0v) is 17.1. The maximum absolute atomic E-state index is 13.0. The van der Waals surface area contributed by atoms with Gasteiger partial charge >= 0.3 is 12.4 Å². The lowest BCUT2D eigenvalue weighted by Gasteiger charge is -2.16. The number of amides is 1. The third-order valence-corrected chi connectivity index (χ3v) is 5.26. The van der Waals surface area contributed by atoms with Crippen LogP contribution in [0.25, 0.3) is 5.13 Å². The van der Waals surface area contributed by atoms with Gasteiger partial charge in [-0.2, -0.15) is 36.1 Å². The molecule has 6 nitrogen and oxygen atoms in total. The molecule has 1 atom stereocenters. The Hall–Kier alpha value is -2.48. The van der Waals surface area contributed by atoms with Crippen molar-refractivity contribution in [2.75, 3.05) is 0 Å². The van der Waals surface area contributed by atoms with Crippen molar-refractivity contribution in [3.8, 4) is 5.13 Å². The molecule has 0 spiro atoms. The summed E-state index contributed by atoms with van der Waals surface area (Å²) < 4.78 is 80.0. The van der Waals surface area contributed by atoms with Gasteiger partial charge in [0.2, 0.25) is 5.13 Å². The largest absolute Gasteiger partial charge is 0.416 e. The minimum absolute atomic E-state index is 0.0445. The molecule has 1 N–H and O–H groups in total. The van der Waals surface area contributed by atoms with E-state index < -0.39 is 41.0 Å². The van der Waals surface area contributed by atoms with Crippen molar-refractivity contribution < 1.29 is 31.1 Å². The van der Waals surface area contributed by atoms with Gasteiger partial charge in [0.05, 0.1) is 27.2 Å². The molecule has 0 fully saturated rings. The predicted molar refractivity (Wildman–Crippen MR) is 97.1 cm³/mol. The highest BCUT2D eigenvalue weighted by Gasteiger charge is 2.37. The number of rotatable bonds is 4. The Morgan fingerprint density at radius 1 is 1.10 bits per heavy atom. The average Bonchev–Trinajstić information content (AvgIpc) is 3.28. The van der Waals surface area contributed by atoms with Gasteiger partial charge in [0, 0.05) is 5.56 Å². The monoisotopic (exact) mass is 513 g/mol. The lowest BCUT2D eigenvalue weighted by atomic mass is 10.0. The zero-order valence-electron chi connectivity index (χ0n) is 14.7. The van der Waals surface area contributed by atoms with E-state index in [0.29, 0.717) is 21.1 Å². The standard InChI is InChI=1S/C16H10BrF6N5OS/c1-7(12-25-6-26-28(12)14-24-5-11(17)30-14)27-13(29)8-2-9(15(18,19)20)4-10(3-8)16(21,22)23/h2-7H,1H3,(H,27,29)/t7-/m0/s1. The summed E-state index contributed by atoms with van der Waals surface area (Å²) in [6.45, 7) is 1.46. The molecule has 160 valence electrons. The molecule has 1 amide bonds. The van der Waals surface area contributed by atoms with Crippen molar-refractivity contribution in [3.63, 3.8) is 0 Å². The predicted octanol–water partition coefficient (Wildman–Crippen LogP) is 5.01. The van der Waals surface area contributed by atoms with Gasteiger partial charge < -0.3 is 5.32 Å². The number of hydrogen-bond donors (Lipinski definition) is 1.